The Balaban J connectivity index is 1.57. The van der Waals surface area contributed by atoms with E-state index >= 15 is 0 Å². The third-order valence-electron chi connectivity index (χ3n) is 17.2. The number of carbonyl (C=O) groups is 2. The number of esters is 1. The van der Waals surface area contributed by atoms with Crippen molar-refractivity contribution in [1.29, 1.82) is 10.8 Å². The molecule has 5 aromatic rings. The van der Waals surface area contributed by atoms with Gasteiger partial charge < -0.3 is 113 Å². The summed E-state index contributed by atoms with van der Waals surface area (Å²) in [5.74, 6) is -15.2. The lowest BCUT2D eigenvalue weighted by Gasteiger charge is -2.21. The molecule has 0 aliphatic rings. The predicted octanol–water partition coefficient (Wildman–Crippen LogP) is 6.45. The summed E-state index contributed by atoms with van der Waals surface area (Å²) in [5, 5.41) is 188. The van der Waals surface area contributed by atoms with Crippen molar-refractivity contribution in [3.63, 3.8) is 0 Å². The number of nitrogens with zero attached hydrogens (tertiary/aromatic N) is 13. The van der Waals surface area contributed by atoms with Crippen LogP contribution in [0.4, 0.5) is 0 Å². The van der Waals surface area contributed by atoms with E-state index in [0.717, 1.165) is 0 Å². The topological polar surface area (TPSA) is 667 Å². The Morgan fingerprint density at radius 1 is 0.568 bits per heavy atom. The van der Waals surface area contributed by atoms with Gasteiger partial charge >= 0.3 is 11.9 Å². The molecule has 3 heterocycles. The Morgan fingerprint density at radius 2 is 1.03 bits per heavy atom. The molecule has 0 amide bonds. The molecular weight excluding hydrogens is 1490 g/mol. The molecule has 0 saturated carbocycles. The molecule has 0 saturated heterocycles. The lowest BCUT2D eigenvalue weighted by molar-refractivity contribution is -0.143. The Kier molecular flexibility index (Phi) is 36.1. The fourth-order valence-electron chi connectivity index (χ4n) is 10.7. The van der Waals surface area contributed by atoms with Crippen LogP contribution >= 0.6 is 25.3 Å². The lowest BCUT2D eigenvalue weighted by Crippen LogP contribution is -2.41. The molecule has 0 spiro atoms. The second kappa shape index (κ2) is 44.4. The number of methoxy groups -OCH3 is 1. The third-order valence-corrected chi connectivity index (χ3v) is 17.8. The van der Waals surface area contributed by atoms with E-state index in [1.54, 1.807) is 81.7 Å². The van der Waals surface area contributed by atoms with Gasteiger partial charge in [-0.2, -0.15) is 25.3 Å². The van der Waals surface area contributed by atoms with Crippen molar-refractivity contribution in [3.8, 4) is 0 Å². The minimum Gasteiger partial charge on any atom is -0.497 e. The monoisotopic (exact) mass is 1590 g/mol. The highest BCUT2D eigenvalue weighted by atomic mass is 32.1. The number of guanidine groups is 1. The summed E-state index contributed by atoms with van der Waals surface area (Å²) < 4.78 is 4.90. The summed E-state index contributed by atoms with van der Waals surface area (Å²) in [6.07, 6.45) is 2.28. The number of carboxylic acid groups (broad SMARTS) is 1. The largest absolute Gasteiger partial charge is 0.497 e. The Labute approximate surface area is 648 Å². The molecule has 14 atom stereocenters. The minimum absolute atomic E-state index is 0.0824. The Bertz CT molecular complexity index is 4300. The van der Waals surface area contributed by atoms with Crippen molar-refractivity contribution < 1.29 is 90.9 Å². The highest BCUT2D eigenvalue weighted by Gasteiger charge is 2.33. The molecule has 5 rings (SSSR count). The number of aromatic nitrogens is 4. The van der Waals surface area contributed by atoms with E-state index in [9.17, 15) is 86.2 Å². The number of hydrogen-bond acceptors (Lipinski definition) is 22. The molecule has 0 aliphatic carbocycles. The van der Waals surface area contributed by atoms with Crippen LogP contribution in [0.5, 0.6) is 0 Å². The number of hydrogen-bond donors (Lipinski definition) is 25. The molecule has 3 aromatic heterocycles. The number of rotatable bonds is 46. The van der Waals surface area contributed by atoms with E-state index < -0.39 is 199 Å². The molecule has 1 unspecified atom stereocenters. The van der Waals surface area contributed by atoms with Crippen LogP contribution in [0.25, 0.3) is 21.8 Å². The van der Waals surface area contributed by atoms with Gasteiger partial charge in [0, 0.05) is 89.8 Å². The van der Waals surface area contributed by atoms with E-state index in [4.69, 9.17) is 27.0 Å². The fraction of sp³-hybridized carbons (Fsp3) is 0.500. The van der Waals surface area contributed by atoms with Crippen LogP contribution in [0.1, 0.15) is 96.9 Å². The van der Waals surface area contributed by atoms with E-state index in [1.165, 1.54) is 33.5 Å². The molecule has 606 valence electrons. The zero-order valence-electron chi connectivity index (χ0n) is 62.1. The molecule has 0 fully saturated rings. The SMILES string of the molecule is CCC(C)[C@H](N=C(O)[C@H](CS)N=C(O)[C@@H](N=C(O)[C@H](Cc1c[nH]c2ccccc12)N=C(O)[C@H](CCC(=N)O)N=C(O)[C@H](CC(=O)O)N=C(O)[C@H](Cc1c[nH]c2ccccc12)N=C(O)CN=C(O)[C@H](C)N=C(O)[C@H](Cc1cnc[nH]1)N=C(O)[C@H](CCCNC(=N)N)N=C(O)[C@H](CS)N=C(O)[C@@H](N)[C@@H](C)O)C(C)C)C(=O)OC. The number of carbonyl (C=O) groups excluding carboxylic acids is 1. The van der Waals surface area contributed by atoms with Crippen LogP contribution in [0.2, 0.25) is 0 Å². The van der Waals surface area contributed by atoms with Crippen LogP contribution in [0.15, 0.2) is 133 Å². The summed E-state index contributed by atoms with van der Waals surface area (Å²) in [6.45, 7) is 8.62. The molecule has 41 heteroatoms. The highest BCUT2D eigenvalue weighted by molar-refractivity contribution is 7.80. The van der Waals surface area contributed by atoms with Gasteiger partial charge in [0.2, 0.25) is 70.8 Å². The molecule has 2 aromatic carbocycles. The summed E-state index contributed by atoms with van der Waals surface area (Å²) in [4.78, 5) is 88.7. The fourth-order valence-corrected chi connectivity index (χ4v) is 11.2. The standard InChI is InChI=1S/C70H101N21O18S2/c1-8-34(4)57(69(108)109-7)91-66(105)51(31-111)89-68(107)56(33(2)3)90-64(103)47(23-38-27-78-43-17-12-10-15-41(38)43)85-60(99)45(19-20-52(71)93)84-63(102)49(25-54(95)96)87-62(101)46(22-37-26-77-42-16-11-9-14-40(37)42)82-53(94)29-79-58(97)35(5)81-61(100)48(24-39-28-75-32-80-39)86-59(98)44(18-13-21-76-70(73)74)83-65(104)50(30-110)88-67(106)55(72)36(6)92/h9-12,14-17,26-28,32-36,44-51,55-57,77-78,92,110-111H,8,13,18-25,29-31,72H2,1-7H3,(H2,71,93)(H,75,80)(H,79,97)(H,81,100)(H,82,94)(H,83,104)(H,84,102)(H,85,99)(H,86,98)(H,87,101)(H,88,106)(H,89,107)(H,90,103)(H,91,105)(H,95,96)(H4,73,74,76)/t34?,35-,36+,44-,45-,46-,47-,48-,49-,50-,51-,55-,56-,57-/m0/s1. The lowest BCUT2D eigenvalue weighted by atomic mass is 10.00. The number of thiol groups is 2. The first-order valence-electron chi connectivity index (χ1n) is 35.1. The van der Waals surface area contributed by atoms with Crippen molar-refractivity contribution >= 4 is 142 Å². The van der Waals surface area contributed by atoms with Gasteiger partial charge in [-0.05, 0) is 68.2 Å². The van der Waals surface area contributed by atoms with Gasteiger partial charge in [-0.1, -0.05) is 70.5 Å². The molecule has 0 radical (unpaired) electrons. The van der Waals surface area contributed by atoms with Gasteiger partial charge in [0.05, 0.1) is 26.0 Å². The number of aliphatic carboxylic acids is 1. The number of nitrogens with one attached hydrogen (secondary N) is 6. The number of aliphatic hydroxyl groups is 14. The number of ether oxygens (including phenoxy) is 1. The predicted molar refractivity (Wildman–Crippen MR) is 434 cm³/mol. The van der Waals surface area contributed by atoms with Crippen molar-refractivity contribution in [2.45, 2.75) is 178 Å². The van der Waals surface area contributed by atoms with Gasteiger partial charge in [0.15, 0.2) is 17.9 Å². The highest BCUT2D eigenvalue weighted by Crippen LogP contribution is 2.25. The summed E-state index contributed by atoms with van der Waals surface area (Å²) in [6, 6.07) is -3.92. The van der Waals surface area contributed by atoms with Crippen LogP contribution in [-0.2, 0) is 33.6 Å². The number of benzene rings is 2. The number of para-hydroxylation sites is 2. The van der Waals surface area contributed by atoms with Crippen molar-refractivity contribution in [1.82, 2.24) is 25.3 Å². The first kappa shape index (κ1) is 90.3. The number of fused-ring (bicyclic) bond motifs is 2. The minimum atomic E-state index is -2.03. The maximum Gasteiger partial charge on any atom is 0.330 e. The summed E-state index contributed by atoms with van der Waals surface area (Å²) in [5.41, 5.74) is 13.9. The van der Waals surface area contributed by atoms with E-state index in [1.807, 2.05) is 6.92 Å². The van der Waals surface area contributed by atoms with E-state index in [-0.39, 0.29) is 62.0 Å². The molecule has 111 heavy (non-hydrogen) atoms. The van der Waals surface area contributed by atoms with Crippen LogP contribution in [0, 0.1) is 22.7 Å². The zero-order valence-corrected chi connectivity index (χ0v) is 63.9. The number of aliphatic imine (C=N–C) groups is 12. The van der Waals surface area contributed by atoms with Crippen molar-refractivity contribution in [2.75, 3.05) is 31.7 Å². The number of carboxylic acids is 1. The molecular formula is C70H101N21O18S2. The van der Waals surface area contributed by atoms with Gasteiger partial charge in [0.1, 0.15) is 73.0 Å². The molecule has 0 aliphatic heterocycles. The molecule has 0 bridgehead atoms. The van der Waals surface area contributed by atoms with Crippen LogP contribution in [0.3, 0.4) is 0 Å². The Morgan fingerprint density at radius 3 is 1.53 bits per heavy atom. The summed E-state index contributed by atoms with van der Waals surface area (Å²) >= 11 is 8.49. The maximum absolute atomic E-state index is 12.7. The number of aromatic amines is 3. The summed E-state index contributed by atoms with van der Waals surface area (Å²) in [7, 11) is 1.17. The Hall–Kier alpha value is -11.3. The van der Waals surface area contributed by atoms with Crippen LogP contribution < -0.4 is 16.8 Å². The number of aliphatic hydroxyl groups excluding tert-OH is 14. The number of nitrogens with two attached hydrogens (primary N) is 2. The first-order chi connectivity index (χ1) is 52.6. The van der Waals surface area contributed by atoms with Gasteiger partial charge in [-0.3, -0.25) is 15.6 Å². The van der Waals surface area contributed by atoms with Crippen molar-refractivity contribution in [3.05, 3.63) is 90.3 Å². The second-order valence-corrected chi connectivity index (χ2v) is 26.8. The quantitative estimate of drug-likeness (QED) is 0.00654. The third kappa shape index (κ3) is 28.2. The molecule has 25 N–H and O–H groups in total. The average molecular weight is 1590 g/mol. The van der Waals surface area contributed by atoms with Crippen molar-refractivity contribution in [2.24, 2.45) is 83.2 Å². The second-order valence-electron chi connectivity index (χ2n) is 26.0. The number of H-pyrrole nitrogens is 3. The maximum atomic E-state index is 12.7. The van der Waals surface area contributed by atoms with Gasteiger partial charge in [-0.15, -0.1) is 0 Å². The van der Waals surface area contributed by atoms with E-state index in [2.05, 4.69) is 110 Å². The molecule has 39 nitrogen and oxygen atoms in total. The first-order valence-corrected chi connectivity index (χ1v) is 36.4. The van der Waals surface area contributed by atoms with E-state index in [0.29, 0.717) is 45.0 Å². The number of imidazole rings is 1. The van der Waals surface area contributed by atoms with Crippen LogP contribution in [-0.4, -0.2) is 301 Å². The zero-order chi connectivity index (χ0) is 82.3. The van der Waals surface area contributed by atoms with Gasteiger partial charge in [0.25, 0.3) is 0 Å². The smallest absolute Gasteiger partial charge is 0.330 e. The van der Waals surface area contributed by atoms with Gasteiger partial charge in [-0.25, -0.2) is 69.7 Å². The average Bonchev–Trinajstić information content (AvgIpc) is 1.70. The normalized spacial score (nSPS) is 17.8.